The van der Waals surface area contributed by atoms with E-state index < -0.39 is 0 Å². The topological polar surface area (TPSA) is 29.9 Å². The van der Waals surface area contributed by atoms with Crippen LogP contribution in [0.3, 0.4) is 0 Å². The summed E-state index contributed by atoms with van der Waals surface area (Å²) in [6.45, 7) is 10.7. The quantitative estimate of drug-likeness (QED) is 0.828. The van der Waals surface area contributed by atoms with E-state index in [0.717, 1.165) is 19.0 Å². The van der Waals surface area contributed by atoms with Gasteiger partial charge in [0.15, 0.2) is 0 Å². The molecular weight excluding hydrogens is 198 g/mol. The largest absolute Gasteiger partial charge is 0.313 e. The van der Waals surface area contributed by atoms with Crippen LogP contribution in [0.5, 0.6) is 0 Å². The molecule has 90 valence electrons. The van der Waals surface area contributed by atoms with Crippen LogP contribution in [0.2, 0.25) is 0 Å². The Kier molecular flexibility index (Phi) is 3.33. The maximum Gasteiger partial charge on any atom is 0.0641 e. The van der Waals surface area contributed by atoms with Crippen molar-refractivity contribution in [1.29, 1.82) is 0 Å². The van der Waals surface area contributed by atoms with Crippen molar-refractivity contribution in [2.45, 2.75) is 53.1 Å². The lowest BCUT2D eigenvalue weighted by atomic mass is 10.1. The molecule has 1 fully saturated rings. The number of nitrogens with zero attached hydrogens (tertiary/aromatic N) is 2. The minimum absolute atomic E-state index is 0.578. The van der Waals surface area contributed by atoms with Crippen LogP contribution >= 0.6 is 0 Å². The summed E-state index contributed by atoms with van der Waals surface area (Å²) in [7, 11) is 0. The standard InChI is InChI=1S/C13H23N3/c1-5-14-8-13-9(2)15-16(11(13)4)10(3)12-6-7-12/h10,12,14H,5-8H2,1-4H3. The Balaban J connectivity index is 2.19. The average Bonchev–Trinajstić information content (AvgIpc) is 3.05. The molecule has 1 unspecified atom stereocenters. The minimum Gasteiger partial charge on any atom is -0.313 e. The Hall–Kier alpha value is -0.830. The van der Waals surface area contributed by atoms with Gasteiger partial charge in [-0.1, -0.05) is 6.92 Å². The third-order valence-corrected chi connectivity index (χ3v) is 3.72. The number of hydrogen-bond donors (Lipinski definition) is 1. The van der Waals surface area contributed by atoms with Crippen LogP contribution in [0.15, 0.2) is 0 Å². The Morgan fingerprint density at radius 1 is 1.44 bits per heavy atom. The van der Waals surface area contributed by atoms with Gasteiger partial charge in [-0.15, -0.1) is 0 Å². The van der Waals surface area contributed by atoms with Crippen LogP contribution in [0.25, 0.3) is 0 Å². The van der Waals surface area contributed by atoms with Gasteiger partial charge < -0.3 is 5.32 Å². The molecule has 0 aliphatic heterocycles. The van der Waals surface area contributed by atoms with Crippen LogP contribution < -0.4 is 5.32 Å². The fraction of sp³-hybridized carbons (Fsp3) is 0.769. The molecule has 1 aliphatic carbocycles. The summed E-state index contributed by atoms with van der Waals surface area (Å²) in [5, 5.41) is 8.09. The summed E-state index contributed by atoms with van der Waals surface area (Å²) in [6, 6.07) is 0.578. The molecule has 1 aliphatic rings. The zero-order valence-corrected chi connectivity index (χ0v) is 10.9. The fourth-order valence-corrected chi connectivity index (χ4v) is 2.38. The second kappa shape index (κ2) is 4.58. The second-order valence-corrected chi connectivity index (χ2v) is 4.95. The van der Waals surface area contributed by atoms with Crippen molar-refractivity contribution in [1.82, 2.24) is 15.1 Å². The molecule has 0 radical (unpaired) electrons. The van der Waals surface area contributed by atoms with E-state index in [0.29, 0.717) is 6.04 Å². The summed E-state index contributed by atoms with van der Waals surface area (Å²) in [5.74, 6) is 0.866. The van der Waals surface area contributed by atoms with Gasteiger partial charge in [-0.2, -0.15) is 5.10 Å². The Bertz CT molecular complexity index is 363. The van der Waals surface area contributed by atoms with Crippen molar-refractivity contribution in [3.63, 3.8) is 0 Å². The molecular formula is C13H23N3. The number of rotatable bonds is 5. The summed E-state index contributed by atoms with van der Waals surface area (Å²) in [4.78, 5) is 0. The Morgan fingerprint density at radius 3 is 2.69 bits per heavy atom. The van der Waals surface area contributed by atoms with E-state index in [1.165, 1.54) is 29.8 Å². The fourth-order valence-electron chi connectivity index (χ4n) is 2.38. The summed E-state index contributed by atoms with van der Waals surface area (Å²) >= 11 is 0. The molecule has 0 bridgehead atoms. The lowest BCUT2D eigenvalue weighted by molar-refractivity contribution is 0.429. The van der Waals surface area contributed by atoms with Crippen LogP contribution in [0.1, 0.15) is 49.7 Å². The zero-order chi connectivity index (χ0) is 11.7. The van der Waals surface area contributed by atoms with Gasteiger partial charge in [0.25, 0.3) is 0 Å². The highest BCUT2D eigenvalue weighted by Crippen LogP contribution is 2.40. The smallest absolute Gasteiger partial charge is 0.0641 e. The highest BCUT2D eigenvalue weighted by molar-refractivity contribution is 5.25. The van der Waals surface area contributed by atoms with E-state index in [1.807, 2.05) is 0 Å². The summed E-state index contributed by atoms with van der Waals surface area (Å²) < 4.78 is 2.24. The first kappa shape index (κ1) is 11.6. The van der Waals surface area contributed by atoms with Gasteiger partial charge in [0.1, 0.15) is 0 Å². The SMILES string of the molecule is CCNCc1c(C)nn(C(C)C2CC2)c1C. The second-order valence-electron chi connectivity index (χ2n) is 4.95. The van der Waals surface area contributed by atoms with Crippen LogP contribution in [0, 0.1) is 19.8 Å². The minimum atomic E-state index is 0.578. The first-order valence-electron chi connectivity index (χ1n) is 6.40. The molecule has 1 aromatic rings. The molecule has 0 saturated heterocycles. The van der Waals surface area contributed by atoms with Gasteiger partial charge in [-0.3, -0.25) is 4.68 Å². The summed E-state index contributed by atoms with van der Waals surface area (Å²) in [5.41, 5.74) is 3.91. The zero-order valence-electron chi connectivity index (χ0n) is 10.9. The van der Waals surface area contributed by atoms with Crippen LogP contribution in [-0.4, -0.2) is 16.3 Å². The van der Waals surface area contributed by atoms with Crippen molar-refractivity contribution in [3.8, 4) is 0 Å². The molecule has 3 nitrogen and oxygen atoms in total. The Labute approximate surface area is 98.2 Å². The Morgan fingerprint density at radius 2 is 2.12 bits per heavy atom. The predicted octanol–water partition coefficient (Wildman–Crippen LogP) is 2.58. The van der Waals surface area contributed by atoms with Gasteiger partial charge in [0, 0.05) is 17.8 Å². The number of hydrogen-bond acceptors (Lipinski definition) is 2. The van der Waals surface area contributed by atoms with E-state index in [1.54, 1.807) is 0 Å². The highest BCUT2D eigenvalue weighted by Gasteiger charge is 2.31. The van der Waals surface area contributed by atoms with Crippen molar-refractivity contribution in [2.75, 3.05) is 6.54 Å². The van der Waals surface area contributed by atoms with E-state index in [-0.39, 0.29) is 0 Å². The average molecular weight is 221 g/mol. The number of aromatic nitrogens is 2. The molecule has 0 aromatic carbocycles. The normalized spacial score (nSPS) is 17.8. The highest BCUT2D eigenvalue weighted by atomic mass is 15.3. The van der Waals surface area contributed by atoms with Gasteiger partial charge in [-0.25, -0.2) is 0 Å². The molecule has 1 N–H and O–H groups in total. The molecule has 16 heavy (non-hydrogen) atoms. The van der Waals surface area contributed by atoms with E-state index in [4.69, 9.17) is 5.10 Å². The number of nitrogens with one attached hydrogen (secondary N) is 1. The van der Waals surface area contributed by atoms with Gasteiger partial charge in [0.2, 0.25) is 0 Å². The first-order valence-corrected chi connectivity index (χ1v) is 6.40. The molecule has 1 aromatic heterocycles. The van der Waals surface area contributed by atoms with Crippen molar-refractivity contribution in [3.05, 3.63) is 17.0 Å². The lowest BCUT2D eigenvalue weighted by Crippen LogP contribution is -2.14. The molecule has 1 heterocycles. The molecule has 1 saturated carbocycles. The van der Waals surface area contributed by atoms with E-state index in [2.05, 4.69) is 37.7 Å². The van der Waals surface area contributed by atoms with Gasteiger partial charge in [-0.05, 0) is 46.1 Å². The van der Waals surface area contributed by atoms with Crippen LogP contribution in [-0.2, 0) is 6.54 Å². The van der Waals surface area contributed by atoms with Crippen molar-refractivity contribution >= 4 is 0 Å². The van der Waals surface area contributed by atoms with Gasteiger partial charge >= 0.3 is 0 Å². The molecule has 3 heteroatoms. The van der Waals surface area contributed by atoms with Crippen molar-refractivity contribution in [2.24, 2.45) is 5.92 Å². The maximum absolute atomic E-state index is 4.70. The van der Waals surface area contributed by atoms with E-state index >= 15 is 0 Å². The number of aryl methyl sites for hydroxylation is 1. The lowest BCUT2D eigenvalue weighted by Gasteiger charge is -2.13. The predicted molar refractivity (Wildman–Crippen MR) is 66.5 cm³/mol. The molecule has 0 amide bonds. The van der Waals surface area contributed by atoms with Gasteiger partial charge in [0.05, 0.1) is 11.7 Å². The van der Waals surface area contributed by atoms with Crippen molar-refractivity contribution < 1.29 is 0 Å². The molecule has 2 rings (SSSR count). The summed E-state index contributed by atoms with van der Waals surface area (Å²) in [6.07, 6.45) is 2.75. The van der Waals surface area contributed by atoms with E-state index in [9.17, 15) is 0 Å². The third-order valence-electron chi connectivity index (χ3n) is 3.72. The molecule has 1 atom stereocenters. The van der Waals surface area contributed by atoms with Crippen LogP contribution in [0.4, 0.5) is 0 Å². The molecule has 0 spiro atoms. The third kappa shape index (κ3) is 2.14. The monoisotopic (exact) mass is 221 g/mol. The maximum atomic E-state index is 4.70. The first-order chi connectivity index (χ1) is 7.65.